The first kappa shape index (κ1) is 15.9. The number of hydrogen-bond acceptors (Lipinski definition) is 4. The molecule has 108 valence electrons. The Kier molecular flexibility index (Phi) is 7.46. The van der Waals surface area contributed by atoms with Crippen molar-refractivity contribution in [2.75, 3.05) is 32.8 Å². The number of nitriles is 1. The Morgan fingerprint density at radius 1 is 1.47 bits per heavy atom. The molecular weight excluding hydrogens is 242 g/mol. The first-order chi connectivity index (χ1) is 9.13. The Balaban J connectivity index is 2.35. The van der Waals surface area contributed by atoms with Gasteiger partial charge in [-0.15, -0.1) is 0 Å². The van der Waals surface area contributed by atoms with E-state index in [1.54, 1.807) is 4.90 Å². The average molecular weight is 267 g/mol. The number of carbonyl (C=O) groups excluding carboxylic acids is 1. The van der Waals surface area contributed by atoms with Gasteiger partial charge >= 0.3 is 0 Å². The zero-order valence-corrected chi connectivity index (χ0v) is 12.0. The Bertz CT molecular complexity index is 306. The molecule has 0 aromatic rings. The highest BCUT2D eigenvalue weighted by atomic mass is 16.5. The molecule has 0 bridgehead atoms. The molecule has 0 aliphatic carbocycles. The van der Waals surface area contributed by atoms with Crippen LogP contribution in [0, 0.1) is 17.2 Å². The summed E-state index contributed by atoms with van der Waals surface area (Å²) in [5.74, 6) is 0.406. The first-order valence-electron chi connectivity index (χ1n) is 7.10. The standard InChI is InChI=1S/C14H25N3O2/c1-12(2)10-17(9-3-6-15)14(18)11-19-13-4-7-16-8-5-13/h12-13,16H,3-5,7-11H2,1-2H3. The second kappa shape index (κ2) is 8.89. The van der Waals surface area contributed by atoms with Gasteiger partial charge in [0.2, 0.25) is 5.91 Å². The second-order valence-corrected chi connectivity index (χ2v) is 5.40. The van der Waals surface area contributed by atoms with E-state index in [0.717, 1.165) is 25.9 Å². The molecule has 1 rings (SSSR count). The number of nitrogens with one attached hydrogen (secondary N) is 1. The number of amides is 1. The molecule has 1 fully saturated rings. The van der Waals surface area contributed by atoms with Gasteiger partial charge in [-0.1, -0.05) is 13.8 Å². The SMILES string of the molecule is CC(C)CN(CCC#N)C(=O)COC1CCNCC1. The number of ether oxygens (including phenoxy) is 1. The van der Waals surface area contributed by atoms with Gasteiger partial charge in [0.05, 0.1) is 18.6 Å². The van der Waals surface area contributed by atoms with Crippen LogP contribution in [-0.4, -0.2) is 49.7 Å². The predicted molar refractivity (Wildman–Crippen MR) is 73.5 cm³/mol. The number of nitrogens with zero attached hydrogens (tertiary/aromatic N) is 2. The molecule has 1 heterocycles. The summed E-state index contributed by atoms with van der Waals surface area (Å²) in [6, 6.07) is 2.09. The lowest BCUT2D eigenvalue weighted by Gasteiger charge is -2.26. The fourth-order valence-electron chi connectivity index (χ4n) is 2.19. The van der Waals surface area contributed by atoms with Crippen molar-refractivity contribution < 1.29 is 9.53 Å². The highest BCUT2D eigenvalue weighted by Crippen LogP contribution is 2.08. The summed E-state index contributed by atoms with van der Waals surface area (Å²) in [6.45, 7) is 7.40. The minimum atomic E-state index is 0.00230. The molecule has 1 saturated heterocycles. The molecule has 1 amide bonds. The summed E-state index contributed by atoms with van der Waals surface area (Å²) in [6.07, 6.45) is 2.51. The number of rotatable bonds is 7. The summed E-state index contributed by atoms with van der Waals surface area (Å²) in [7, 11) is 0. The lowest BCUT2D eigenvalue weighted by molar-refractivity contribution is -0.139. The minimum Gasteiger partial charge on any atom is -0.368 e. The zero-order valence-electron chi connectivity index (χ0n) is 12.0. The molecule has 0 unspecified atom stereocenters. The van der Waals surface area contributed by atoms with Gasteiger partial charge in [0.1, 0.15) is 6.61 Å². The van der Waals surface area contributed by atoms with Crippen molar-refractivity contribution in [3.8, 4) is 6.07 Å². The Morgan fingerprint density at radius 2 is 2.16 bits per heavy atom. The van der Waals surface area contributed by atoms with E-state index >= 15 is 0 Å². The molecule has 19 heavy (non-hydrogen) atoms. The van der Waals surface area contributed by atoms with E-state index < -0.39 is 0 Å². The summed E-state index contributed by atoms with van der Waals surface area (Å²) in [5, 5.41) is 11.9. The predicted octanol–water partition coefficient (Wildman–Crippen LogP) is 1.15. The molecule has 0 spiro atoms. The van der Waals surface area contributed by atoms with Crippen LogP contribution in [0.2, 0.25) is 0 Å². The third-order valence-electron chi connectivity index (χ3n) is 3.16. The van der Waals surface area contributed by atoms with Gasteiger partial charge in [0, 0.05) is 13.1 Å². The van der Waals surface area contributed by atoms with Crippen LogP contribution in [0.4, 0.5) is 0 Å². The molecule has 1 aliphatic rings. The van der Waals surface area contributed by atoms with Crippen molar-refractivity contribution in [2.45, 2.75) is 39.2 Å². The quantitative estimate of drug-likeness (QED) is 0.751. The Labute approximate surface area is 115 Å². The van der Waals surface area contributed by atoms with Gasteiger partial charge in [-0.3, -0.25) is 4.79 Å². The lowest BCUT2D eigenvalue weighted by Crippen LogP contribution is -2.40. The molecule has 0 aromatic heterocycles. The summed E-state index contributed by atoms with van der Waals surface area (Å²) >= 11 is 0. The molecule has 0 aromatic carbocycles. The van der Waals surface area contributed by atoms with Gasteiger partial charge in [-0.2, -0.15) is 5.26 Å². The first-order valence-corrected chi connectivity index (χ1v) is 7.10. The summed E-state index contributed by atoms with van der Waals surface area (Å²) in [4.78, 5) is 13.8. The molecule has 5 nitrogen and oxygen atoms in total. The Hall–Kier alpha value is -1.12. The topological polar surface area (TPSA) is 65.4 Å². The highest BCUT2D eigenvalue weighted by Gasteiger charge is 2.18. The van der Waals surface area contributed by atoms with Crippen LogP contribution < -0.4 is 5.32 Å². The van der Waals surface area contributed by atoms with E-state index in [9.17, 15) is 4.79 Å². The van der Waals surface area contributed by atoms with Crippen molar-refractivity contribution in [1.29, 1.82) is 5.26 Å². The fourth-order valence-corrected chi connectivity index (χ4v) is 2.19. The van der Waals surface area contributed by atoms with E-state index in [0.29, 0.717) is 25.4 Å². The third kappa shape index (κ3) is 6.55. The number of hydrogen-bond donors (Lipinski definition) is 1. The van der Waals surface area contributed by atoms with Gasteiger partial charge in [0.15, 0.2) is 0 Å². The van der Waals surface area contributed by atoms with E-state index in [-0.39, 0.29) is 18.6 Å². The van der Waals surface area contributed by atoms with Crippen LogP contribution in [-0.2, 0) is 9.53 Å². The minimum absolute atomic E-state index is 0.00230. The molecular formula is C14H25N3O2. The molecule has 1 aliphatic heterocycles. The van der Waals surface area contributed by atoms with Crippen LogP contribution in [0.15, 0.2) is 0 Å². The van der Waals surface area contributed by atoms with Crippen LogP contribution in [0.25, 0.3) is 0 Å². The van der Waals surface area contributed by atoms with Crippen LogP contribution in [0.1, 0.15) is 33.1 Å². The maximum atomic E-state index is 12.1. The van der Waals surface area contributed by atoms with Crippen molar-refractivity contribution in [2.24, 2.45) is 5.92 Å². The molecule has 0 saturated carbocycles. The van der Waals surface area contributed by atoms with Gasteiger partial charge in [0.25, 0.3) is 0 Å². The molecule has 0 radical (unpaired) electrons. The van der Waals surface area contributed by atoms with Gasteiger partial charge in [-0.05, 0) is 31.8 Å². The summed E-state index contributed by atoms with van der Waals surface area (Å²) < 4.78 is 5.67. The average Bonchev–Trinajstić information content (AvgIpc) is 2.41. The summed E-state index contributed by atoms with van der Waals surface area (Å²) in [5.41, 5.74) is 0. The lowest BCUT2D eigenvalue weighted by atomic mass is 10.1. The van der Waals surface area contributed by atoms with Gasteiger partial charge < -0.3 is 15.0 Å². The second-order valence-electron chi connectivity index (χ2n) is 5.40. The molecule has 0 atom stereocenters. The van der Waals surface area contributed by atoms with Crippen molar-refractivity contribution in [1.82, 2.24) is 10.2 Å². The zero-order chi connectivity index (χ0) is 14.1. The van der Waals surface area contributed by atoms with E-state index in [1.165, 1.54) is 0 Å². The monoisotopic (exact) mass is 267 g/mol. The number of carbonyl (C=O) groups is 1. The Morgan fingerprint density at radius 3 is 2.74 bits per heavy atom. The van der Waals surface area contributed by atoms with Crippen LogP contribution in [0.5, 0.6) is 0 Å². The van der Waals surface area contributed by atoms with Crippen LogP contribution >= 0.6 is 0 Å². The van der Waals surface area contributed by atoms with Crippen molar-refractivity contribution in [3.05, 3.63) is 0 Å². The smallest absolute Gasteiger partial charge is 0.248 e. The third-order valence-corrected chi connectivity index (χ3v) is 3.16. The van der Waals surface area contributed by atoms with Crippen molar-refractivity contribution >= 4 is 5.91 Å². The van der Waals surface area contributed by atoms with E-state index in [1.807, 2.05) is 0 Å². The molecule has 5 heteroatoms. The van der Waals surface area contributed by atoms with Crippen molar-refractivity contribution in [3.63, 3.8) is 0 Å². The largest absolute Gasteiger partial charge is 0.368 e. The van der Waals surface area contributed by atoms with E-state index in [2.05, 4.69) is 25.2 Å². The number of piperidine rings is 1. The van der Waals surface area contributed by atoms with E-state index in [4.69, 9.17) is 10.00 Å². The maximum Gasteiger partial charge on any atom is 0.248 e. The van der Waals surface area contributed by atoms with Crippen LogP contribution in [0.3, 0.4) is 0 Å². The molecule has 1 N–H and O–H groups in total. The maximum absolute atomic E-state index is 12.1. The fraction of sp³-hybridized carbons (Fsp3) is 0.857. The van der Waals surface area contributed by atoms with Gasteiger partial charge in [-0.25, -0.2) is 0 Å². The highest BCUT2D eigenvalue weighted by molar-refractivity contribution is 5.77. The normalized spacial score (nSPS) is 16.3.